The van der Waals surface area contributed by atoms with Crippen molar-refractivity contribution >= 4 is 11.8 Å². The Morgan fingerprint density at radius 1 is 1.44 bits per heavy atom. The number of amides is 2. The second-order valence-electron chi connectivity index (χ2n) is 4.57. The summed E-state index contributed by atoms with van der Waals surface area (Å²) in [5, 5.41) is 2.74. The van der Waals surface area contributed by atoms with Gasteiger partial charge in [0.05, 0.1) is 0 Å². The first-order valence-corrected chi connectivity index (χ1v) is 5.69. The first-order valence-electron chi connectivity index (χ1n) is 5.69. The number of rotatable bonds is 3. The lowest BCUT2D eigenvalue weighted by molar-refractivity contribution is -0.137. The highest BCUT2D eigenvalue weighted by Gasteiger charge is 2.35. The van der Waals surface area contributed by atoms with Gasteiger partial charge in [-0.3, -0.25) is 9.59 Å². The molecule has 0 spiro atoms. The van der Waals surface area contributed by atoms with Gasteiger partial charge in [-0.25, -0.2) is 0 Å². The molecule has 1 N–H and O–H groups in total. The first kappa shape index (κ1) is 12.7. The van der Waals surface area contributed by atoms with Crippen molar-refractivity contribution in [1.82, 2.24) is 10.2 Å². The summed E-state index contributed by atoms with van der Waals surface area (Å²) in [6.45, 7) is 6.66. The van der Waals surface area contributed by atoms with Gasteiger partial charge in [0.25, 0.3) is 0 Å². The van der Waals surface area contributed by atoms with Crippen LogP contribution in [0.25, 0.3) is 0 Å². The molecular formula is C12H20N2O2. The van der Waals surface area contributed by atoms with Crippen LogP contribution in [0.4, 0.5) is 0 Å². The highest BCUT2D eigenvalue weighted by atomic mass is 16.2. The minimum atomic E-state index is -0.774. The van der Waals surface area contributed by atoms with E-state index in [0.717, 1.165) is 6.42 Å². The molecule has 90 valence electrons. The molecule has 1 rings (SSSR count). The number of carbonyl (C=O) groups is 2. The minimum Gasteiger partial charge on any atom is -0.342 e. The van der Waals surface area contributed by atoms with Crippen molar-refractivity contribution in [2.24, 2.45) is 0 Å². The van der Waals surface area contributed by atoms with Crippen LogP contribution >= 0.6 is 0 Å². The van der Waals surface area contributed by atoms with Gasteiger partial charge in [0.1, 0.15) is 5.54 Å². The summed E-state index contributed by atoms with van der Waals surface area (Å²) in [6, 6.07) is 0. The van der Waals surface area contributed by atoms with Crippen LogP contribution in [-0.2, 0) is 9.59 Å². The zero-order valence-corrected chi connectivity index (χ0v) is 10.2. The Hall–Kier alpha value is -1.32. The van der Waals surface area contributed by atoms with Crippen LogP contribution < -0.4 is 5.32 Å². The van der Waals surface area contributed by atoms with Crippen LogP contribution in [0.1, 0.15) is 33.6 Å². The summed E-state index contributed by atoms with van der Waals surface area (Å²) in [5.74, 6) is -0.0465. The lowest BCUT2D eigenvalue weighted by atomic mass is 10.0. The van der Waals surface area contributed by atoms with Crippen molar-refractivity contribution in [3.63, 3.8) is 0 Å². The SMILES string of the molecule is C/C=C/CCN1CCC(=O)NC(C)(C)C1=O. The Kier molecular flexibility index (Phi) is 4.10. The molecule has 0 saturated carbocycles. The average Bonchev–Trinajstić information content (AvgIpc) is 2.29. The lowest BCUT2D eigenvalue weighted by Crippen LogP contribution is -2.52. The Morgan fingerprint density at radius 2 is 2.12 bits per heavy atom. The number of nitrogens with zero attached hydrogens (tertiary/aromatic N) is 1. The summed E-state index contributed by atoms with van der Waals surface area (Å²) in [4.78, 5) is 25.3. The summed E-state index contributed by atoms with van der Waals surface area (Å²) >= 11 is 0. The molecule has 1 aliphatic rings. The number of nitrogens with one attached hydrogen (secondary N) is 1. The molecule has 0 bridgehead atoms. The van der Waals surface area contributed by atoms with Gasteiger partial charge in [-0.2, -0.15) is 0 Å². The molecule has 1 saturated heterocycles. The van der Waals surface area contributed by atoms with E-state index in [1.807, 2.05) is 19.1 Å². The number of carbonyl (C=O) groups excluding carboxylic acids is 2. The van der Waals surface area contributed by atoms with Crippen LogP contribution in [0.3, 0.4) is 0 Å². The molecular weight excluding hydrogens is 204 g/mol. The van der Waals surface area contributed by atoms with Crippen molar-refractivity contribution in [2.75, 3.05) is 13.1 Å². The van der Waals surface area contributed by atoms with Crippen LogP contribution in [-0.4, -0.2) is 35.3 Å². The quantitative estimate of drug-likeness (QED) is 0.729. The van der Waals surface area contributed by atoms with E-state index in [0.29, 0.717) is 19.5 Å². The molecule has 0 aliphatic carbocycles. The molecule has 4 heteroatoms. The van der Waals surface area contributed by atoms with Crippen molar-refractivity contribution in [3.8, 4) is 0 Å². The van der Waals surface area contributed by atoms with Gasteiger partial charge in [-0.05, 0) is 27.2 Å². The molecule has 16 heavy (non-hydrogen) atoms. The molecule has 0 unspecified atom stereocenters. The van der Waals surface area contributed by atoms with Crippen LogP contribution in [0.5, 0.6) is 0 Å². The van der Waals surface area contributed by atoms with E-state index >= 15 is 0 Å². The largest absolute Gasteiger partial charge is 0.342 e. The van der Waals surface area contributed by atoms with Gasteiger partial charge >= 0.3 is 0 Å². The van der Waals surface area contributed by atoms with E-state index < -0.39 is 5.54 Å². The predicted molar refractivity (Wildman–Crippen MR) is 62.8 cm³/mol. The maximum Gasteiger partial charge on any atom is 0.247 e. The predicted octanol–water partition coefficient (Wildman–Crippen LogP) is 1.08. The highest BCUT2D eigenvalue weighted by Crippen LogP contribution is 2.13. The summed E-state index contributed by atoms with van der Waals surface area (Å²) in [7, 11) is 0. The zero-order chi connectivity index (χ0) is 12.2. The molecule has 0 aromatic rings. The smallest absolute Gasteiger partial charge is 0.247 e. The molecule has 1 heterocycles. The first-order chi connectivity index (χ1) is 7.47. The number of hydrogen-bond donors (Lipinski definition) is 1. The normalized spacial score (nSPS) is 21.1. The Morgan fingerprint density at radius 3 is 2.75 bits per heavy atom. The average molecular weight is 224 g/mol. The van der Waals surface area contributed by atoms with E-state index in [9.17, 15) is 9.59 Å². The maximum absolute atomic E-state index is 12.1. The third-order valence-electron chi connectivity index (χ3n) is 2.68. The topological polar surface area (TPSA) is 49.4 Å². The second-order valence-corrected chi connectivity index (χ2v) is 4.57. The number of allylic oxidation sites excluding steroid dienone is 1. The molecule has 0 aromatic heterocycles. The molecule has 1 aliphatic heterocycles. The minimum absolute atomic E-state index is 0.00264. The van der Waals surface area contributed by atoms with Crippen LogP contribution in [0.15, 0.2) is 12.2 Å². The fourth-order valence-electron chi connectivity index (χ4n) is 1.81. The third kappa shape index (κ3) is 3.08. The molecule has 0 aromatic carbocycles. The van der Waals surface area contributed by atoms with E-state index in [4.69, 9.17) is 0 Å². The molecule has 1 fully saturated rings. The van der Waals surface area contributed by atoms with Crippen molar-refractivity contribution in [3.05, 3.63) is 12.2 Å². The van der Waals surface area contributed by atoms with Crippen molar-refractivity contribution in [2.45, 2.75) is 39.2 Å². The Balaban J connectivity index is 2.69. The maximum atomic E-state index is 12.1. The molecule has 0 atom stereocenters. The molecule has 4 nitrogen and oxygen atoms in total. The molecule has 2 amide bonds. The van der Waals surface area contributed by atoms with Crippen LogP contribution in [0, 0.1) is 0 Å². The van der Waals surface area contributed by atoms with Gasteiger partial charge in [0, 0.05) is 19.5 Å². The monoisotopic (exact) mass is 224 g/mol. The molecule has 0 radical (unpaired) electrons. The van der Waals surface area contributed by atoms with Gasteiger partial charge < -0.3 is 10.2 Å². The van der Waals surface area contributed by atoms with E-state index in [1.165, 1.54) is 0 Å². The van der Waals surface area contributed by atoms with E-state index in [-0.39, 0.29) is 11.8 Å². The Labute approximate surface area is 96.7 Å². The van der Waals surface area contributed by atoms with Crippen molar-refractivity contribution in [1.29, 1.82) is 0 Å². The van der Waals surface area contributed by atoms with Gasteiger partial charge in [0.15, 0.2) is 0 Å². The summed E-state index contributed by atoms with van der Waals surface area (Å²) in [6.07, 6.45) is 5.23. The zero-order valence-electron chi connectivity index (χ0n) is 10.2. The van der Waals surface area contributed by atoms with Crippen molar-refractivity contribution < 1.29 is 9.59 Å². The van der Waals surface area contributed by atoms with Crippen LogP contribution in [0.2, 0.25) is 0 Å². The van der Waals surface area contributed by atoms with E-state index in [2.05, 4.69) is 5.32 Å². The summed E-state index contributed by atoms with van der Waals surface area (Å²) in [5.41, 5.74) is -0.774. The Bertz CT molecular complexity index is 308. The third-order valence-corrected chi connectivity index (χ3v) is 2.68. The fraction of sp³-hybridized carbons (Fsp3) is 0.667. The van der Waals surface area contributed by atoms with Gasteiger partial charge in [0.2, 0.25) is 11.8 Å². The van der Waals surface area contributed by atoms with E-state index in [1.54, 1.807) is 18.7 Å². The highest BCUT2D eigenvalue weighted by molar-refractivity contribution is 5.92. The van der Waals surface area contributed by atoms with Gasteiger partial charge in [-0.15, -0.1) is 0 Å². The fourth-order valence-corrected chi connectivity index (χ4v) is 1.81. The summed E-state index contributed by atoms with van der Waals surface area (Å²) < 4.78 is 0. The van der Waals surface area contributed by atoms with Gasteiger partial charge in [-0.1, -0.05) is 12.2 Å². The number of hydrogen-bond acceptors (Lipinski definition) is 2. The standard InChI is InChI=1S/C12H20N2O2/c1-4-5-6-8-14-9-7-10(15)13-12(2,3)11(14)16/h4-5H,6-9H2,1-3H3,(H,13,15)/b5-4+. The lowest BCUT2D eigenvalue weighted by Gasteiger charge is -2.28. The second kappa shape index (κ2) is 5.14.